The van der Waals surface area contributed by atoms with Gasteiger partial charge < -0.3 is 10.2 Å². The van der Waals surface area contributed by atoms with E-state index in [-0.39, 0.29) is 12.5 Å². The predicted molar refractivity (Wildman–Crippen MR) is 133 cm³/mol. The summed E-state index contributed by atoms with van der Waals surface area (Å²) in [6, 6.07) is 12.2. The molecule has 0 aliphatic rings. The molecule has 0 aliphatic heterocycles. The number of benzene rings is 2. The third-order valence-electron chi connectivity index (χ3n) is 4.70. The van der Waals surface area contributed by atoms with Gasteiger partial charge in [-0.2, -0.15) is 0 Å². The highest BCUT2D eigenvalue weighted by molar-refractivity contribution is 7.92. The quantitative estimate of drug-likeness (QED) is 0.575. The first-order valence-electron chi connectivity index (χ1n) is 10.3. The van der Waals surface area contributed by atoms with Crippen LogP contribution in [0.3, 0.4) is 0 Å². The number of amides is 2. The average Bonchev–Trinajstić information content (AvgIpc) is 2.68. The van der Waals surface area contributed by atoms with Crippen LogP contribution in [0.1, 0.15) is 33.3 Å². The molecular weight excluding hydrogens is 485 g/mol. The van der Waals surface area contributed by atoms with E-state index in [0.29, 0.717) is 21.3 Å². The number of hydrogen-bond acceptors (Lipinski definition) is 4. The second kappa shape index (κ2) is 10.8. The molecule has 33 heavy (non-hydrogen) atoms. The number of hydrogen-bond donors (Lipinski definition) is 1. The summed E-state index contributed by atoms with van der Waals surface area (Å²) in [7, 11) is -3.79. The van der Waals surface area contributed by atoms with Crippen LogP contribution in [0.4, 0.5) is 5.69 Å². The van der Waals surface area contributed by atoms with Gasteiger partial charge in [0.05, 0.1) is 11.9 Å². The number of anilines is 1. The summed E-state index contributed by atoms with van der Waals surface area (Å²) in [4.78, 5) is 27.6. The smallest absolute Gasteiger partial charge is 0.244 e. The predicted octanol–water partition coefficient (Wildman–Crippen LogP) is 4.09. The Morgan fingerprint density at radius 3 is 2.15 bits per heavy atom. The van der Waals surface area contributed by atoms with Gasteiger partial charge in [-0.25, -0.2) is 8.42 Å². The van der Waals surface area contributed by atoms with Gasteiger partial charge in [-0.15, -0.1) is 0 Å². The van der Waals surface area contributed by atoms with Crippen LogP contribution in [0.25, 0.3) is 0 Å². The van der Waals surface area contributed by atoms with Crippen molar-refractivity contribution in [2.24, 2.45) is 0 Å². The molecule has 7 nitrogen and oxygen atoms in total. The Morgan fingerprint density at radius 1 is 1.03 bits per heavy atom. The van der Waals surface area contributed by atoms with Crippen LogP contribution in [0.5, 0.6) is 0 Å². The van der Waals surface area contributed by atoms with Crippen molar-refractivity contribution in [3.05, 3.63) is 64.1 Å². The highest BCUT2D eigenvalue weighted by Gasteiger charge is 2.31. The maximum absolute atomic E-state index is 13.4. The van der Waals surface area contributed by atoms with Gasteiger partial charge in [-0.1, -0.05) is 35.3 Å². The van der Waals surface area contributed by atoms with Crippen molar-refractivity contribution in [3.63, 3.8) is 0 Å². The molecule has 0 bridgehead atoms. The van der Waals surface area contributed by atoms with Crippen molar-refractivity contribution < 1.29 is 18.0 Å². The number of nitrogens with zero attached hydrogens (tertiary/aromatic N) is 2. The minimum absolute atomic E-state index is 0.0797. The van der Waals surface area contributed by atoms with Crippen molar-refractivity contribution >= 4 is 50.7 Å². The molecule has 2 amide bonds. The molecule has 0 saturated heterocycles. The molecule has 0 unspecified atom stereocenters. The van der Waals surface area contributed by atoms with E-state index in [9.17, 15) is 18.0 Å². The van der Waals surface area contributed by atoms with Crippen molar-refractivity contribution in [2.45, 2.75) is 45.8 Å². The molecule has 0 radical (unpaired) electrons. The van der Waals surface area contributed by atoms with Crippen LogP contribution in [0.2, 0.25) is 10.0 Å². The van der Waals surface area contributed by atoms with E-state index in [4.69, 9.17) is 23.2 Å². The lowest BCUT2D eigenvalue weighted by molar-refractivity contribution is -0.140. The molecule has 2 aromatic carbocycles. The van der Waals surface area contributed by atoms with Crippen molar-refractivity contribution in [2.75, 3.05) is 17.1 Å². The van der Waals surface area contributed by atoms with Crippen LogP contribution >= 0.6 is 23.2 Å². The topological polar surface area (TPSA) is 86.8 Å². The molecule has 0 fully saturated rings. The third-order valence-corrected chi connectivity index (χ3v) is 6.33. The van der Waals surface area contributed by atoms with Gasteiger partial charge in [-0.3, -0.25) is 13.9 Å². The van der Waals surface area contributed by atoms with E-state index in [1.54, 1.807) is 43.3 Å². The largest absolute Gasteiger partial charge is 0.350 e. The minimum Gasteiger partial charge on any atom is -0.350 e. The first-order valence-corrected chi connectivity index (χ1v) is 12.9. The molecule has 1 N–H and O–H groups in total. The van der Waals surface area contributed by atoms with Gasteiger partial charge in [0.1, 0.15) is 12.6 Å². The van der Waals surface area contributed by atoms with E-state index in [2.05, 4.69) is 5.32 Å². The normalized spacial score (nSPS) is 12.7. The zero-order chi connectivity index (χ0) is 25.0. The van der Waals surface area contributed by atoms with E-state index >= 15 is 0 Å². The number of carbonyl (C=O) groups excluding carboxylic acids is 2. The van der Waals surface area contributed by atoms with E-state index < -0.39 is 34.1 Å². The molecule has 0 aliphatic carbocycles. The lowest BCUT2D eigenvalue weighted by Crippen LogP contribution is -2.54. The van der Waals surface area contributed by atoms with Gasteiger partial charge >= 0.3 is 0 Å². The molecule has 0 saturated carbocycles. The fourth-order valence-corrected chi connectivity index (χ4v) is 4.30. The molecular formula is C23H29Cl2N3O4S. The maximum atomic E-state index is 13.4. The van der Waals surface area contributed by atoms with Crippen molar-refractivity contribution in [1.82, 2.24) is 10.2 Å². The molecule has 0 spiro atoms. The first-order chi connectivity index (χ1) is 15.2. The van der Waals surface area contributed by atoms with Crippen LogP contribution in [0.15, 0.2) is 48.5 Å². The first kappa shape index (κ1) is 27.0. The maximum Gasteiger partial charge on any atom is 0.244 e. The highest BCUT2D eigenvalue weighted by Crippen LogP contribution is 2.22. The minimum atomic E-state index is -3.79. The van der Waals surface area contributed by atoms with E-state index in [1.807, 2.05) is 20.8 Å². The van der Waals surface area contributed by atoms with Gasteiger partial charge in [0.2, 0.25) is 21.8 Å². The fourth-order valence-electron chi connectivity index (χ4n) is 3.11. The van der Waals surface area contributed by atoms with Crippen molar-refractivity contribution in [1.29, 1.82) is 0 Å². The van der Waals surface area contributed by atoms with Crippen LogP contribution in [-0.2, 0) is 26.2 Å². The summed E-state index contributed by atoms with van der Waals surface area (Å²) in [5, 5.41) is 3.80. The Hall–Kier alpha value is -2.29. The number of carbonyl (C=O) groups is 2. The Bertz CT molecular complexity index is 1100. The summed E-state index contributed by atoms with van der Waals surface area (Å²) < 4.78 is 26.0. The van der Waals surface area contributed by atoms with Gasteiger partial charge in [0.15, 0.2) is 0 Å². The van der Waals surface area contributed by atoms with Crippen molar-refractivity contribution in [3.8, 4) is 0 Å². The molecule has 0 heterocycles. The SMILES string of the molecule is C[C@@H](C(=O)NC(C)(C)C)N(Cc1cccc(Cl)c1)C(=O)CN(c1ccc(Cl)cc1)S(C)(=O)=O. The Labute approximate surface area is 205 Å². The second-order valence-electron chi connectivity index (χ2n) is 8.81. The van der Waals surface area contributed by atoms with Crippen LogP contribution in [0, 0.1) is 0 Å². The third kappa shape index (κ3) is 8.21. The standard InChI is InChI=1S/C23H29Cl2N3O4S/c1-16(22(30)26-23(2,3)4)27(14-17-7-6-8-19(25)13-17)21(29)15-28(33(5,31)32)20-11-9-18(24)10-12-20/h6-13,16H,14-15H2,1-5H3,(H,26,30)/t16-/m0/s1. The lowest BCUT2D eigenvalue weighted by atomic mass is 10.1. The average molecular weight is 514 g/mol. The molecule has 1 atom stereocenters. The number of sulfonamides is 1. The van der Waals surface area contributed by atoms with Crippen LogP contribution in [-0.4, -0.2) is 49.5 Å². The van der Waals surface area contributed by atoms with Gasteiger partial charge in [0, 0.05) is 22.1 Å². The van der Waals surface area contributed by atoms with E-state index in [0.717, 1.165) is 10.6 Å². The summed E-state index contributed by atoms with van der Waals surface area (Å²) >= 11 is 12.0. The zero-order valence-corrected chi connectivity index (χ0v) is 21.6. The van der Waals surface area contributed by atoms with E-state index in [1.165, 1.54) is 17.0 Å². The Balaban J connectivity index is 2.39. The number of nitrogens with one attached hydrogen (secondary N) is 1. The molecule has 2 aromatic rings. The fraction of sp³-hybridized carbons (Fsp3) is 0.391. The summed E-state index contributed by atoms with van der Waals surface area (Å²) in [6.07, 6.45) is 1.02. The Morgan fingerprint density at radius 2 is 1.64 bits per heavy atom. The number of halogens is 2. The molecule has 10 heteroatoms. The van der Waals surface area contributed by atoms with Gasteiger partial charge in [0.25, 0.3) is 0 Å². The van der Waals surface area contributed by atoms with Gasteiger partial charge in [-0.05, 0) is 69.7 Å². The summed E-state index contributed by atoms with van der Waals surface area (Å²) in [6.45, 7) is 6.73. The second-order valence-corrected chi connectivity index (χ2v) is 11.6. The Kier molecular flexibility index (Phi) is 8.79. The monoisotopic (exact) mass is 513 g/mol. The molecule has 0 aromatic heterocycles. The lowest BCUT2D eigenvalue weighted by Gasteiger charge is -2.33. The number of rotatable bonds is 8. The molecule has 180 valence electrons. The zero-order valence-electron chi connectivity index (χ0n) is 19.3. The summed E-state index contributed by atoms with van der Waals surface area (Å²) in [5.41, 5.74) is 0.506. The molecule has 2 rings (SSSR count). The van der Waals surface area contributed by atoms with Crippen LogP contribution < -0.4 is 9.62 Å². The summed E-state index contributed by atoms with van der Waals surface area (Å²) in [5.74, 6) is -0.887. The highest BCUT2D eigenvalue weighted by atomic mass is 35.5.